The molecule has 5 nitrogen and oxygen atoms in total. The number of ketones is 1. The van der Waals surface area contributed by atoms with Crippen molar-refractivity contribution in [3.8, 4) is 0 Å². The lowest BCUT2D eigenvalue weighted by Crippen LogP contribution is -2.45. The van der Waals surface area contributed by atoms with E-state index in [-0.39, 0.29) is 19.8 Å². The van der Waals surface area contributed by atoms with E-state index in [1.54, 1.807) is 6.92 Å². The first kappa shape index (κ1) is 18.9. The molecule has 0 aliphatic rings. The second-order valence-corrected chi connectivity index (χ2v) is 3.79. The molecule has 1 atom stereocenters. The third-order valence-corrected chi connectivity index (χ3v) is 2.20. The third kappa shape index (κ3) is 5.87. The van der Waals surface area contributed by atoms with Crippen molar-refractivity contribution in [2.24, 2.45) is 5.92 Å². The Hall–Kier alpha value is -1.15. The molecule has 0 aromatic rings. The van der Waals surface area contributed by atoms with Crippen LogP contribution in [-0.2, 0) is 23.8 Å². The van der Waals surface area contributed by atoms with Crippen LogP contribution < -0.4 is 0 Å². The van der Waals surface area contributed by atoms with E-state index in [0.717, 1.165) is 0 Å². The van der Waals surface area contributed by atoms with Crippen LogP contribution in [0.3, 0.4) is 0 Å². The third-order valence-electron chi connectivity index (χ3n) is 2.20. The van der Waals surface area contributed by atoms with Crippen LogP contribution in [0.25, 0.3) is 0 Å². The minimum Gasteiger partial charge on any atom is -0.465 e. The molecule has 0 saturated heterocycles. The first-order valence-electron chi connectivity index (χ1n) is 6.30. The summed E-state index contributed by atoms with van der Waals surface area (Å²) in [5, 5.41) is 0. The molecule has 0 N–H and O–H groups in total. The maximum absolute atomic E-state index is 12.6. The molecule has 0 bridgehead atoms. The predicted molar refractivity (Wildman–Crippen MR) is 62.8 cm³/mol. The van der Waals surface area contributed by atoms with E-state index in [0.29, 0.717) is 6.42 Å². The number of carbonyl (C=O) groups is 2. The zero-order chi connectivity index (χ0) is 15.8. The van der Waals surface area contributed by atoms with Crippen molar-refractivity contribution in [2.75, 3.05) is 19.8 Å². The lowest BCUT2D eigenvalue weighted by Gasteiger charge is -2.24. The summed E-state index contributed by atoms with van der Waals surface area (Å²) in [4.78, 5) is 23.1. The molecule has 0 aromatic heterocycles. The second-order valence-electron chi connectivity index (χ2n) is 3.79. The van der Waals surface area contributed by atoms with Crippen molar-refractivity contribution >= 4 is 11.8 Å². The van der Waals surface area contributed by atoms with Gasteiger partial charge in [0.1, 0.15) is 0 Å². The number of hydrogen-bond acceptors (Lipinski definition) is 5. The molecule has 118 valence electrons. The topological polar surface area (TPSA) is 61.8 Å². The standard InChI is InChI=1S/C12H19F3O5/c1-4-7-20-10(17)8(9(16)12(13,14)15)11(18-5-2)19-6-3/h8,11H,4-7H2,1-3H3. The number of ether oxygens (including phenoxy) is 3. The van der Waals surface area contributed by atoms with Crippen LogP contribution in [-0.4, -0.2) is 44.0 Å². The van der Waals surface area contributed by atoms with Crippen molar-refractivity contribution in [2.45, 2.75) is 39.7 Å². The Morgan fingerprint density at radius 1 is 1.05 bits per heavy atom. The Bertz CT molecular complexity index is 311. The number of halogens is 3. The first-order chi connectivity index (χ1) is 9.29. The van der Waals surface area contributed by atoms with Gasteiger partial charge in [-0.2, -0.15) is 13.2 Å². The molecule has 0 fully saturated rings. The van der Waals surface area contributed by atoms with Gasteiger partial charge in [0, 0.05) is 13.2 Å². The number of Topliss-reactive ketones (excluding diaryl/α,β-unsaturated/α-hetero) is 1. The van der Waals surface area contributed by atoms with Crippen LogP contribution in [0.2, 0.25) is 0 Å². The van der Waals surface area contributed by atoms with Gasteiger partial charge in [0.05, 0.1) is 6.61 Å². The Labute approximate surface area is 115 Å². The molecular weight excluding hydrogens is 281 g/mol. The summed E-state index contributed by atoms with van der Waals surface area (Å²) in [6.45, 7) is 4.61. The zero-order valence-electron chi connectivity index (χ0n) is 11.7. The van der Waals surface area contributed by atoms with Crippen LogP contribution >= 0.6 is 0 Å². The fourth-order valence-corrected chi connectivity index (χ4v) is 1.38. The quantitative estimate of drug-likeness (QED) is 0.371. The smallest absolute Gasteiger partial charge is 0.451 e. The van der Waals surface area contributed by atoms with Crippen molar-refractivity contribution in [3.05, 3.63) is 0 Å². The van der Waals surface area contributed by atoms with E-state index >= 15 is 0 Å². The zero-order valence-corrected chi connectivity index (χ0v) is 11.7. The summed E-state index contributed by atoms with van der Waals surface area (Å²) < 4.78 is 52.1. The van der Waals surface area contributed by atoms with Crippen molar-refractivity contribution in [3.63, 3.8) is 0 Å². The van der Waals surface area contributed by atoms with E-state index in [9.17, 15) is 22.8 Å². The summed E-state index contributed by atoms with van der Waals surface area (Å²) >= 11 is 0. The number of carbonyl (C=O) groups excluding carboxylic acids is 2. The molecule has 20 heavy (non-hydrogen) atoms. The maximum Gasteiger partial charge on any atom is 0.451 e. The minimum atomic E-state index is -5.16. The number of esters is 1. The first-order valence-corrected chi connectivity index (χ1v) is 6.30. The average molecular weight is 300 g/mol. The van der Waals surface area contributed by atoms with Gasteiger partial charge in [0.25, 0.3) is 5.78 Å². The van der Waals surface area contributed by atoms with Gasteiger partial charge in [-0.25, -0.2) is 0 Å². The molecule has 0 rings (SSSR count). The summed E-state index contributed by atoms with van der Waals surface area (Å²) in [6.07, 6.45) is -6.35. The second kappa shape index (κ2) is 8.91. The van der Waals surface area contributed by atoms with Gasteiger partial charge in [0.2, 0.25) is 0 Å². The fourth-order valence-electron chi connectivity index (χ4n) is 1.38. The van der Waals surface area contributed by atoms with Gasteiger partial charge in [-0.3, -0.25) is 9.59 Å². The molecule has 0 heterocycles. The van der Waals surface area contributed by atoms with E-state index in [1.165, 1.54) is 13.8 Å². The monoisotopic (exact) mass is 300 g/mol. The summed E-state index contributed by atoms with van der Waals surface area (Å²) in [5.74, 6) is -5.69. The predicted octanol–water partition coefficient (Wildman–Crippen LogP) is 2.09. The van der Waals surface area contributed by atoms with E-state index in [4.69, 9.17) is 9.47 Å². The molecule has 0 amide bonds. The molecule has 8 heteroatoms. The Morgan fingerprint density at radius 2 is 1.55 bits per heavy atom. The summed E-state index contributed by atoms with van der Waals surface area (Å²) in [6, 6.07) is 0. The minimum absolute atomic E-state index is 0.00659. The molecule has 0 radical (unpaired) electrons. The van der Waals surface area contributed by atoms with Crippen LogP contribution in [0, 0.1) is 5.92 Å². The van der Waals surface area contributed by atoms with Gasteiger partial charge in [0.15, 0.2) is 12.2 Å². The van der Waals surface area contributed by atoms with Crippen LogP contribution in [0.1, 0.15) is 27.2 Å². The highest BCUT2D eigenvalue weighted by atomic mass is 19.4. The van der Waals surface area contributed by atoms with Crippen molar-refractivity contribution in [1.82, 2.24) is 0 Å². The molecule has 0 aliphatic heterocycles. The Morgan fingerprint density at radius 3 is 1.90 bits per heavy atom. The number of rotatable bonds is 9. The van der Waals surface area contributed by atoms with Crippen molar-refractivity contribution in [1.29, 1.82) is 0 Å². The SMILES string of the molecule is CCCOC(=O)C(C(=O)C(F)(F)F)C(OCC)OCC. The molecule has 0 aromatic carbocycles. The lowest BCUT2D eigenvalue weighted by molar-refractivity contribution is -0.210. The number of hydrogen-bond donors (Lipinski definition) is 0. The normalized spacial score (nSPS) is 13.3. The van der Waals surface area contributed by atoms with Gasteiger partial charge in [-0.15, -0.1) is 0 Å². The highest BCUT2D eigenvalue weighted by molar-refractivity contribution is 6.02. The van der Waals surface area contributed by atoms with Crippen LogP contribution in [0.5, 0.6) is 0 Å². The van der Waals surface area contributed by atoms with Crippen LogP contribution in [0.15, 0.2) is 0 Å². The van der Waals surface area contributed by atoms with E-state index in [1.807, 2.05) is 0 Å². The van der Waals surface area contributed by atoms with Gasteiger partial charge < -0.3 is 14.2 Å². The summed E-state index contributed by atoms with van der Waals surface area (Å²) in [5.41, 5.74) is 0. The number of alkyl halides is 3. The van der Waals surface area contributed by atoms with E-state index < -0.39 is 30.1 Å². The summed E-state index contributed by atoms with van der Waals surface area (Å²) in [7, 11) is 0. The van der Waals surface area contributed by atoms with Gasteiger partial charge in [-0.05, 0) is 20.3 Å². The molecule has 0 saturated carbocycles. The Kier molecular flexibility index (Phi) is 8.40. The fraction of sp³-hybridized carbons (Fsp3) is 0.833. The van der Waals surface area contributed by atoms with E-state index in [2.05, 4.69) is 4.74 Å². The molecule has 0 aliphatic carbocycles. The van der Waals surface area contributed by atoms with Crippen molar-refractivity contribution < 1.29 is 37.0 Å². The largest absolute Gasteiger partial charge is 0.465 e. The molecular formula is C12H19F3O5. The maximum atomic E-state index is 12.6. The Balaban J connectivity index is 5.20. The van der Waals surface area contributed by atoms with Gasteiger partial charge >= 0.3 is 12.1 Å². The molecule has 1 unspecified atom stereocenters. The van der Waals surface area contributed by atoms with Gasteiger partial charge in [-0.1, -0.05) is 6.92 Å². The highest BCUT2D eigenvalue weighted by Gasteiger charge is 2.51. The van der Waals surface area contributed by atoms with Crippen LogP contribution in [0.4, 0.5) is 13.2 Å². The molecule has 0 spiro atoms. The lowest BCUT2D eigenvalue weighted by atomic mass is 10.0. The average Bonchev–Trinajstić information content (AvgIpc) is 2.36. The highest BCUT2D eigenvalue weighted by Crippen LogP contribution is 2.26.